The minimum Gasteiger partial charge on any atom is -0.507 e. The van der Waals surface area contributed by atoms with E-state index in [4.69, 9.17) is 0 Å². The van der Waals surface area contributed by atoms with Crippen molar-refractivity contribution in [3.8, 4) is 11.6 Å². The first-order chi connectivity index (χ1) is 10.4. The highest BCUT2D eigenvalue weighted by atomic mass is 32.1. The highest BCUT2D eigenvalue weighted by molar-refractivity contribution is 7.07. The van der Waals surface area contributed by atoms with Crippen molar-refractivity contribution in [2.45, 2.75) is 58.9 Å². The molecule has 4 nitrogen and oxygen atoms in total. The summed E-state index contributed by atoms with van der Waals surface area (Å²) in [7, 11) is 0. The van der Waals surface area contributed by atoms with Crippen molar-refractivity contribution in [1.29, 1.82) is 0 Å². The molecule has 1 aromatic carbocycles. The Hall–Kier alpha value is -1.75. The molecule has 0 amide bonds. The standard InChI is InChI=1S/C18H25NO3S/c1-17(2,3)12-7-11(8-13(15(12)21)18(4,5)6)9-19-14(20)10-23-16(19)22/h7-8,10,20-21H,9H2,1-6H3. The first-order valence-corrected chi connectivity index (χ1v) is 8.53. The van der Waals surface area contributed by atoms with Gasteiger partial charge in [0.1, 0.15) is 5.75 Å². The average Bonchev–Trinajstić information content (AvgIpc) is 2.69. The first kappa shape index (κ1) is 17.6. The highest BCUT2D eigenvalue weighted by Gasteiger charge is 2.26. The number of hydrogen-bond donors (Lipinski definition) is 2. The monoisotopic (exact) mass is 335 g/mol. The van der Waals surface area contributed by atoms with Gasteiger partial charge in [-0.15, -0.1) is 0 Å². The van der Waals surface area contributed by atoms with E-state index in [1.54, 1.807) is 0 Å². The van der Waals surface area contributed by atoms with Gasteiger partial charge in [-0.05, 0) is 39.7 Å². The lowest BCUT2D eigenvalue weighted by atomic mass is 9.78. The molecule has 0 aliphatic rings. The quantitative estimate of drug-likeness (QED) is 0.873. The molecule has 23 heavy (non-hydrogen) atoms. The second kappa shape index (κ2) is 5.71. The topological polar surface area (TPSA) is 62.5 Å². The van der Waals surface area contributed by atoms with Crippen molar-refractivity contribution in [2.75, 3.05) is 0 Å². The summed E-state index contributed by atoms with van der Waals surface area (Å²) < 4.78 is 1.34. The number of aromatic nitrogens is 1. The number of phenols is 1. The van der Waals surface area contributed by atoms with Crippen molar-refractivity contribution in [1.82, 2.24) is 4.57 Å². The Morgan fingerprint density at radius 2 is 1.48 bits per heavy atom. The molecular weight excluding hydrogens is 310 g/mol. The maximum absolute atomic E-state index is 11.8. The summed E-state index contributed by atoms with van der Waals surface area (Å²) in [5.41, 5.74) is 2.16. The van der Waals surface area contributed by atoms with Crippen LogP contribution in [-0.4, -0.2) is 14.8 Å². The number of benzene rings is 1. The Morgan fingerprint density at radius 3 is 1.83 bits per heavy atom. The van der Waals surface area contributed by atoms with Gasteiger partial charge in [-0.25, -0.2) is 0 Å². The van der Waals surface area contributed by atoms with Gasteiger partial charge in [0.15, 0.2) is 0 Å². The zero-order chi connectivity index (χ0) is 17.6. The van der Waals surface area contributed by atoms with Crippen LogP contribution in [0.2, 0.25) is 0 Å². The SMILES string of the molecule is CC(C)(C)c1cc(Cn2c(O)csc2=O)cc(C(C)(C)C)c1O. The van der Waals surface area contributed by atoms with E-state index >= 15 is 0 Å². The van der Waals surface area contributed by atoms with Crippen molar-refractivity contribution in [3.63, 3.8) is 0 Å². The molecule has 2 aromatic rings. The third kappa shape index (κ3) is 3.61. The summed E-state index contributed by atoms with van der Waals surface area (Å²) in [6.07, 6.45) is 0. The van der Waals surface area contributed by atoms with Crippen LogP contribution in [0, 0.1) is 0 Å². The predicted octanol–water partition coefficient (Wildman–Crippen LogP) is 3.96. The molecule has 126 valence electrons. The van der Waals surface area contributed by atoms with Crippen LogP contribution >= 0.6 is 11.3 Å². The lowest BCUT2D eigenvalue weighted by Gasteiger charge is -2.28. The molecule has 0 atom stereocenters. The summed E-state index contributed by atoms with van der Waals surface area (Å²) in [6.45, 7) is 12.6. The molecule has 0 aliphatic carbocycles. The zero-order valence-corrected chi connectivity index (χ0v) is 15.4. The molecule has 1 aromatic heterocycles. The predicted molar refractivity (Wildman–Crippen MR) is 94.9 cm³/mol. The summed E-state index contributed by atoms with van der Waals surface area (Å²) in [4.78, 5) is 11.7. The molecule has 0 spiro atoms. The molecular formula is C18H25NO3S. The van der Waals surface area contributed by atoms with E-state index in [2.05, 4.69) is 0 Å². The highest BCUT2D eigenvalue weighted by Crippen LogP contribution is 2.40. The van der Waals surface area contributed by atoms with Crippen LogP contribution in [0.1, 0.15) is 58.2 Å². The molecule has 0 fully saturated rings. The van der Waals surface area contributed by atoms with Gasteiger partial charge < -0.3 is 10.2 Å². The van der Waals surface area contributed by atoms with Gasteiger partial charge in [0, 0.05) is 0 Å². The number of hydrogen-bond acceptors (Lipinski definition) is 4. The van der Waals surface area contributed by atoms with Crippen LogP contribution in [0.5, 0.6) is 11.6 Å². The Balaban J connectivity index is 2.63. The van der Waals surface area contributed by atoms with Gasteiger partial charge in [0.25, 0.3) is 0 Å². The number of nitrogens with zero attached hydrogens (tertiary/aromatic N) is 1. The van der Waals surface area contributed by atoms with Crippen LogP contribution in [0.25, 0.3) is 0 Å². The fraction of sp³-hybridized carbons (Fsp3) is 0.500. The third-order valence-corrected chi connectivity index (χ3v) is 4.64. The maximum atomic E-state index is 11.8. The van der Waals surface area contributed by atoms with Crippen LogP contribution < -0.4 is 4.87 Å². The summed E-state index contributed by atoms with van der Waals surface area (Å²) in [5.74, 6) is 0.290. The van der Waals surface area contributed by atoms with E-state index in [1.807, 2.05) is 53.7 Å². The second-order valence-corrected chi connectivity index (χ2v) is 8.81. The molecule has 0 saturated heterocycles. The van der Waals surface area contributed by atoms with Crippen molar-refractivity contribution in [3.05, 3.63) is 43.9 Å². The van der Waals surface area contributed by atoms with Gasteiger partial charge in [-0.1, -0.05) is 52.9 Å². The molecule has 0 bridgehead atoms. The number of thiazole rings is 1. The lowest BCUT2D eigenvalue weighted by Crippen LogP contribution is -2.19. The molecule has 5 heteroatoms. The molecule has 2 rings (SSSR count). The van der Waals surface area contributed by atoms with Gasteiger partial charge in [-0.3, -0.25) is 9.36 Å². The molecule has 0 unspecified atom stereocenters. The third-order valence-electron chi connectivity index (χ3n) is 3.89. The number of rotatable bonds is 2. The van der Waals surface area contributed by atoms with Gasteiger partial charge >= 0.3 is 4.87 Å². The van der Waals surface area contributed by atoms with Gasteiger partial charge in [0.2, 0.25) is 5.88 Å². The summed E-state index contributed by atoms with van der Waals surface area (Å²) in [6, 6.07) is 3.85. The Kier molecular flexibility index (Phi) is 4.37. The fourth-order valence-corrected chi connectivity index (χ4v) is 3.20. The normalized spacial score (nSPS) is 12.6. The molecule has 0 aliphatic heterocycles. The molecule has 1 heterocycles. The van der Waals surface area contributed by atoms with E-state index in [9.17, 15) is 15.0 Å². The van der Waals surface area contributed by atoms with E-state index in [-0.39, 0.29) is 21.6 Å². The minimum atomic E-state index is -0.220. The van der Waals surface area contributed by atoms with Crippen LogP contribution in [0.4, 0.5) is 0 Å². The largest absolute Gasteiger partial charge is 0.507 e. The summed E-state index contributed by atoms with van der Waals surface area (Å²) in [5, 5.41) is 22.0. The second-order valence-electron chi connectivity index (χ2n) is 7.99. The van der Waals surface area contributed by atoms with Gasteiger partial charge in [0.05, 0.1) is 11.9 Å². The summed E-state index contributed by atoms with van der Waals surface area (Å²) >= 11 is 0.981. The Bertz CT molecular complexity index is 738. The Morgan fingerprint density at radius 1 is 1.00 bits per heavy atom. The zero-order valence-electron chi connectivity index (χ0n) is 14.6. The van der Waals surface area contributed by atoms with E-state index in [0.717, 1.165) is 28.0 Å². The Labute approximate surface area is 141 Å². The minimum absolute atomic E-state index is 0.0253. The molecule has 0 radical (unpaired) electrons. The van der Waals surface area contributed by atoms with Gasteiger partial charge in [-0.2, -0.15) is 0 Å². The average molecular weight is 335 g/mol. The van der Waals surface area contributed by atoms with Crippen LogP contribution in [0.3, 0.4) is 0 Å². The number of aromatic hydroxyl groups is 2. The molecule has 2 N–H and O–H groups in total. The number of phenolic OH excluding ortho intramolecular Hbond substituents is 1. The molecule has 0 saturated carbocycles. The van der Waals surface area contributed by atoms with Crippen LogP contribution in [-0.2, 0) is 17.4 Å². The van der Waals surface area contributed by atoms with Crippen molar-refractivity contribution in [2.24, 2.45) is 0 Å². The van der Waals surface area contributed by atoms with Crippen molar-refractivity contribution < 1.29 is 10.2 Å². The van der Waals surface area contributed by atoms with E-state index < -0.39 is 0 Å². The van der Waals surface area contributed by atoms with E-state index in [0.29, 0.717) is 12.3 Å². The fourth-order valence-electron chi connectivity index (χ4n) is 2.58. The van der Waals surface area contributed by atoms with Crippen LogP contribution in [0.15, 0.2) is 22.3 Å². The maximum Gasteiger partial charge on any atom is 0.310 e. The first-order valence-electron chi connectivity index (χ1n) is 7.65. The van der Waals surface area contributed by atoms with E-state index in [1.165, 1.54) is 9.95 Å². The van der Waals surface area contributed by atoms with Crippen molar-refractivity contribution >= 4 is 11.3 Å². The smallest absolute Gasteiger partial charge is 0.310 e. The lowest BCUT2D eigenvalue weighted by molar-refractivity contribution is 0.417.